The van der Waals surface area contributed by atoms with E-state index in [1.165, 1.54) is 135 Å². The Morgan fingerprint density at radius 2 is 0.964 bits per heavy atom. The van der Waals surface area contributed by atoms with Gasteiger partial charge in [0.05, 0.1) is 19.8 Å². The van der Waals surface area contributed by atoms with Crippen LogP contribution in [0.4, 0.5) is 0 Å². The third-order valence-corrected chi connectivity index (χ3v) is 12.6. The molecule has 55 heavy (non-hydrogen) atoms. The van der Waals surface area contributed by atoms with Gasteiger partial charge in [-0.25, -0.2) is 0 Å². The summed E-state index contributed by atoms with van der Waals surface area (Å²) in [6.07, 6.45) is 32.7. The zero-order valence-electron chi connectivity index (χ0n) is 35.1. The van der Waals surface area contributed by atoms with E-state index < -0.39 is 51.8 Å². The summed E-state index contributed by atoms with van der Waals surface area (Å²) < 4.78 is 32.4. The van der Waals surface area contributed by atoms with Crippen LogP contribution in [0.5, 0.6) is 0 Å². The van der Waals surface area contributed by atoms with Gasteiger partial charge in [0.25, 0.3) is 7.82 Å². The molecule has 2 fully saturated rings. The highest BCUT2D eigenvalue weighted by Crippen LogP contribution is 2.46. The minimum absolute atomic E-state index is 0.181. The number of carbonyl (C=O) groups excluding carboxylic acids is 2. The first-order valence-electron chi connectivity index (χ1n) is 22.9. The van der Waals surface area contributed by atoms with Crippen molar-refractivity contribution in [1.82, 2.24) is 0 Å². The number of esters is 2. The van der Waals surface area contributed by atoms with E-state index in [-0.39, 0.29) is 19.4 Å². The molecule has 0 spiro atoms. The fourth-order valence-corrected chi connectivity index (χ4v) is 8.66. The quantitative estimate of drug-likeness (QED) is 0.0348. The lowest BCUT2D eigenvalue weighted by Crippen LogP contribution is -2.30. The molecular formula is C44H82O10P-. The molecule has 0 aromatic heterocycles. The maximum Gasteiger partial charge on any atom is 0.306 e. The van der Waals surface area contributed by atoms with E-state index >= 15 is 0 Å². The van der Waals surface area contributed by atoms with Crippen LogP contribution in [0.25, 0.3) is 0 Å². The number of aliphatic hydroxyl groups is 2. The number of hydrogen-bond acceptors (Lipinski definition) is 10. The molecule has 2 N–H and O–H groups in total. The molecule has 0 aromatic carbocycles. The molecule has 2 rings (SSSR count). The van der Waals surface area contributed by atoms with Crippen molar-refractivity contribution in [3.63, 3.8) is 0 Å². The predicted molar refractivity (Wildman–Crippen MR) is 217 cm³/mol. The van der Waals surface area contributed by atoms with Crippen LogP contribution in [-0.4, -0.2) is 60.8 Å². The number of aliphatic hydroxyl groups excluding tert-OH is 2. The Balaban J connectivity index is 1.54. The summed E-state index contributed by atoms with van der Waals surface area (Å²) in [5, 5.41) is 18.3. The molecule has 0 amide bonds. The van der Waals surface area contributed by atoms with Gasteiger partial charge < -0.3 is 33.6 Å². The van der Waals surface area contributed by atoms with Crippen molar-refractivity contribution in [3.8, 4) is 0 Å². The molecule has 5 unspecified atom stereocenters. The molecular weight excluding hydrogens is 719 g/mol. The monoisotopic (exact) mass is 802 g/mol. The number of hydrogen-bond donors (Lipinski definition) is 2. The SMILES string of the molecule is CCCCCCC1CC1CCCCCCCCCC(=O)OC[C@H](COP(=O)([O-])OC[C@@H](O)CO)OC(=O)CCCCCCCCCC1CC1CCCCCC. The number of phosphoric acid groups is 1. The van der Waals surface area contributed by atoms with Crippen molar-refractivity contribution >= 4 is 19.8 Å². The summed E-state index contributed by atoms with van der Waals surface area (Å²) in [4.78, 5) is 37.3. The molecule has 0 bridgehead atoms. The second kappa shape index (κ2) is 31.9. The summed E-state index contributed by atoms with van der Waals surface area (Å²) in [5.74, 6) is 3.02. The van der Waals surface area contributed by atoms with Gasteiger partial charge in [-0.15, -0.1) is 0 Å². The Bertz CT molecular complexity index is 1010. The molecule has 11 heteroatoms. The van der Waals surface area contributed by atoms with Gasteiger partial charge in [-0.2, -0.15) is 0 Å². The number of rotatable bonds is 40. The summed E-state index contributed by atoms with van der Waals surface area (Å²) in [6.45, 7) is 2.27. The lowest BCUT2D eigenvalue weighted by Gasteiger charge is -2.26. The van der Waals surface area contributed by atoms with Gasteiger partial charge in [0.2, 0.25) is 0 Å². The lowest BCUT2D eigenvalue weighted by molar-refractivity contribution is -0.230. The summed E-state index contributed by atoms with van der Waals surface area (Å²) in [6, 6.07) is 0. The topological polar surface area (TPSA) is 152 Å². The molecule has 2 aliphatic carbocycles. The molecule has 0 heterocycles. The average molecular weight is 802 g/mol. The first-order valence-corrected chi connectivity index (χ1v) is 24.4. The molecule has 10 nitrogen and oxygen atoms in total. The van der Waals surface area contributed by atoms with Crippen LogP contribution in [0, 0.1) is 23.7 Å². The van der Waals surface area contributed by atoms with Gasteiger partial charge in [-0.3, -0.25) is 14.2 Å². The second-order valence-electron chi connectivity index (χ2n) is 16.9. The van der Waals surface area contributed by atoms with Crippen molar-refractivity contribution in [2.75, 3.05) is 26.4 Å². The van der Waals surface area contributed by atoms with Gasteiger partial charge in [-0.05, 0) is 49.4 Å². The zero-order valence-corrected chi connectivity index (χ0v) is 36.0. The van der Waals surface area contributed by atoms with Crippen molar-refractivity contribution in [2.24, 2.45) is 23.7 Å². The van der Waals surface area contributed by atoms with E-state index in [1.807, 2.05) is 0 Å². The van der Waals surface area contributed by atoms with E-state index in [2.05, 4.69) is 18.4 Å². The molecule has 0 aromatic rings. The van der Waals surface area contributed by atoms with Crippen LogP contribution >= 0.6 is 7.82 Å². The number of ether oxygens (including phenoxy) is 2. The van der Waals surface area contributed by atoms with Gasteiger partial charge in [0, 0.05) is 12.8 Å². The van der Waals surface area contributed by atoms with Crippen LogP contribution in [-0.2, 0) is 32.7 Å². The molecule has 0 saturated heterocycles. The zero-order chi connectivity index (χ0) is 40.0. The highest BCUT2D eigenvalue weighted by atomic mass is 31.2. The van der Waals surface area contributed by atoms with Crippen molar-refractivity contribution in [3.05, 3.63) is 0 Å². The Morgan fingerprint density at radius 3 is 1.40 bits per heavy atom. The Morgan fingerprint density at radius 1 is 0.582 bits per heavy atom. The maximum atomic E-state index is 12.6. The van der Waals surface area contributed by atoms with Crippen LogP contribution in [0.1, 0.15) is 206 Å². The molecule has 0 radical (unpaired) electrons. The average Bonchev–Trinajstić information content (AvgIpc) is 4.10. The van der Waals surface area contributed by atoms with Crippen LogP contribution in [0.2, 0.25) is 0 Å². The summed E-state index contributed by atoms with van der Waals surface area (Å²) in [5.41, 5.74) is 0. The molecule has 324 valence electrons. The fourth-order valence-electron chi connectivity index (χ4n) is 7.88. The summed E-state index contributed by atoms with van der Waals surface area (Å²) in [7, 11) is -4.86. The minimum atomic E-state index is -4.86. The standard InChI is InChI=1S/C44H83O10P/c1-3-5-7-19-25-37-31-39(37)27-21-15-11-9-13-17-23-29-43(47)51-35-42(36-53-55(49,50)52-34-41(46)33-45)54-44(48)30-24-18-14-10-12-16-22-28-40-32-38(40)26-20-8-6-4-2/h37-42,45-46H,3-36H2,1-2H3,(H,49,50)/p-1/t37?,38?,39?,40?,41-,42+/m0/s1. The molecule has 2 aliphatic rings. The molecule has 2 saturated carbocycles. The van der Waals surface area contributed by atoms with E-state index in [4.69, 9.17) is 19.1 Å². The molecule has 7 atom stereocenters. The first kappa shape index (κ1) is 50.1. The summed E-state index contributed by atoms with van der Waals surface area (Å²) >= 11 is 0. The largest absolute Gasteiger partial charge is 0.756 e. The Hall–Kier alpha value is -1.03. The number of unbranched alkanes of at least 4 members (excludes halogenated alkanes) is 18. The maximum absolute atomic E-state index is 12.6. The van der Waals surface area contributed by atoms with Gasteiger partial charge >= 0.3 is 11.9 Å². The normalized spacial score (nSPS) is 21.2. The van der Waals surface area contributed by atoms with Crippen molar-refractivity contribution in [2.45, 2.75) is 219 Å². The highest BCUT2D eigenvalue weighted by molar-refractivity contribution is 7.45. The number of carbonyl (C=O) groups is 2. The van der Waals surface area contributed by atoms with Crippen LogP contribution < -0.4 is 4.89 Å². The lowest BCUT2D eigenvalue weighted by atomic mass is 10.0. The van der Waals surface area contributed by atoms with Crippen LogP contribution in [0.15, 0.2) is 0 Å². The fraction of sp³-hybridized carbons (Fsp3) is 0.955. The van der Waals surface area contributed by atoms with Crippen LogP contribution in [0.3, 0.4) is 0 Å². The minimum Gasteiger partial charge on any atom is -0.756 e. The van der Waals surface area contributed by atoms with Gasteiger partial charge in [-0.1, -0.05) is 168 Å². The second-order valence-corrected chi connectivity index (χ2v) is 18.3. The molecule has 0 aliphatic heterocycles. The predicted octanol–water partition coefficient (Wildman–Crippen LogP) is 10.5. The smallest absolute Gasteiger partial charge is 0.306 e. The third-order valence-electron chi connectivity index (χ3n) is 11.7. The van der Waals surface area contributed by atoms with E-state index in [9.17, 15) is 24.2 Å². The van der Waals surface area contributed by atoms with E-state index in [0.29, 0.717) is 12.8 Å². The number of phosphoric ester groups is 1. The third kappa shape index (κ3) is 28.1. The van der Waals surface area contributed by atoms with Gasteiger partial charge in [0.1, 0.15) is 12.7 Å². The van der Waals surface area contributed by atoms with Crippen molar-refractivity contribution < 1.29 is 47.8 Å². The first-order chi connectivity index (χ1) is 26.7. The Kier molecular flexibility index (Phi) is 29.1. The van der Waals surface area contributed by atoms with E-state index in [1.54, 1.807) is 0 Å². The Labute approximate surface area is 335 Å². The van der Waals surface area contributed by atoms with E-state index in [0.717, 1.165) is 55.8 Å². The van der Waals surface area contributed by atoms with Gasteiger partial charge in [0.15, 0.2) is 6.10 Å². The highest BCUT2D eigenvalue weighted by Gasteiger charge is 2.35. The van der Waals surface area contributed by atoms with Crippen molar-refractivity contribution in [1.29, 1.82) is 0 Å².